The van der Waals surface area contributed by atoms with Crippen LogP contribution in [0.4, 0.5) is 16.6 Å². The predicted octanol–water partition coefficient (Wildman–Crippen LogP) is 2.14. The Labute approximate surface area is 108 Å². The van der Waals surface area contributed by atoms with Crippen LogP contribution in [0.3, 0.4) is 0 Å². The van der Waals surface area contributed by atoms with Crippen LogP contribution in [0, 0.1) is 0 Å². The van der Waals surface area contributed by atoms with Gasteiger partial charge in [0.2, 0.25) is 5.13 Å². The van der Waals surface area contributed by atoms with Gasteiger partial charge in [-0.2, -0.15) is 0 Å². The summed E-state index contributed by atoms with van der Waals surface area (Å²) in [7, 11) is 0. The van der Waals surface area contributed by atoms with Gasteiger partial charge in [0, 0.05) is 24.7 Å². The number of nitrogen functional groups attached to an aromatic ring is 1. The zero-order valence-electron chi connectivity index (χ0n) is 10.2. The van der Waals surface area contributed by atoms with E-state index >= 15 is 0 Å². The van der Waals surface area contributed by atoms with Gasteiger partial charge >= 0.3 is 0 Å². The van der Waals surface area contributed by atoms with Gasteiger partial charge in [0.15, 0.2) is 11.5 Å². The lowest BCUT2D eigenvalue weighted by Gasteiger charge is -2.07. The van der Waals surface area contributed by atoms with Crippen molar-refractivity contribution in [2.45, 2.75) is 26.9 Å². The lowest BCUT2D eigenvalue weighted by atomic mass is 10.5. The Hall–Kier alpha value is -1.96. The molecule has 0 saturated heterocycles. The highest BCUT2D eigenvalue weighted by molar-refractivity contribution is 7.13. The summed E-state index contributed by atoms with van der Waals surface area (Å²) in [6.45, 7) is 4.96. The number of thiazole rings is 1. The molecule has 0 unspecified atom stereocenters. The highest BCUT2D eigenvalue weighted by atomic mass is 32.1. The van der Waals surface area contributed by atoms with E-state index in [9.17, 15) is 4.79 Å². The first-order valence-corrected chi connectivity index (χ1v) is 6.47. The van der Waals surface area contributed by atoms with Gasteiger partial charge in [0.25, 0.3) is 5.56 Å². The monoisotopic (exact) mass is 266 g/mol. The van der Waals surface area contributed by atoms with E-state index in [1.165, 1.54) is 11.3 Å². The first-order chi connectivity index (χ1) is 8.69. The van der Waals surface area contributed by atoms with Gasteiger partial charge in [0.05, 0.1) is 0 Å². The van der Waals surface area contributed by atoms with Crippen molar-refractivity contribution in [3.8, 4) is 0 Å². The van der Waals surface area contributed by atoms with E-state index in [0.29, 0.717) is 24.0 Å². The number of nitrogens with zero attached hydrogens (tertiary/aromatic N) is 5. The predicted molar refractivity (Wildman–Crippen MR) is 70.7 cm³/mol. The molecule has 2 heterocycles. The zero-order valence-corrected chi connectivity index (χ0v) is 11.0. The Bertz CT molecular complexity index is 609. The molecule has 2 rings (SSSR count). The second kappa shape index (κ2) is 5.13. The number of anilines is 1. The molecule has 0 aliphatic heterocycles. The van der Waals surface area contributed by atoms with E-state index in [1.54, 1.807) is 20.9 Å². The summed E-state index contributed by atoms with van der Waals surface area (Å²) in [5.74, 6) is 0.338. The third-order valence-electron chi connectivity index (χ3n) is 2.50. The third kappa shape index (κ3) is 2.06. The first-order valence-electron chi connectivity index (χ1n) is 5.59. The zero-order chi connectivity index (χ0) is 13.1. The number of rotatable bonds is 4. The molecule has 18 heavy (non-hydrogen) atoms. The minimum atomic E-state index is -0.225. The van der Waals surface area contributed by atoms with Crippen LogP contribution in [-0.2, 0) is 13.1 Å². The minimum Gasteiger partial charge on any atom is -0.382 e. The SMILES string of the molecule is CCn1c(N)c(/N=N/c2nccs2)c(=O)n1CC. The molecule has 0 fully saturated rings. The Kier molecular flexibility index (Phi) is 3.56. The van der Waals surface area contributed by atoms with Crippen LogP contribution in [0.25, 0.3) is 0 Å². The van der Waals surface area contributed by atoms with Crippen molar-refractivity contribution >= 4 is 28.0 Å². The van der Waals surface area contributed by atoms with Gasteiger partial charge < -0.3 is 5.73 Å². The highest BCUT2D eigenvalue weighted by Gasteiger charge is 2.15. The summed E-state index contributed by atoms with van der Waals surface area (Å²) in [5.41, 5.74) is 5.85. The van der Waals surface area contributed by atoms with Crippen molar-refractivity contribution in [3.05, 3.63) is 21.9 Å². The number of hydrogen-bond donors (Lipinski definition) is 1. The fourth-order valence-electron chi connectivity index (χ4n) is 1.70. The lowest BCUT2D eigenvalue weighted by molar-refractivity contribution is 0.483. The number of aromatic nitrogens is 3. The molecule has 2 aromatic heterocycles. The normalized spacial score (nSPS) is 11.4. The molecule has 0 radical (unpaired) electrons. The first kappa shape index (κ1) is 12.5. The topological polar surface area (TPSA) is 90.6 Å². The molecule has 7 nitrogen and oxygen atoms in total. The van der Waals surface area contributed by atoms with Crippen LogP contribution >= 0.6 is 11.3 Å². The molecule has 96 valence electrons. The van der Waals surface area contributed by atoms with Crippen LogP contribution in [-0.4, -0.2) is 14.3 Å². The Morgan fingerprint density at radius 2 is 2.06 bits per heavy atom. The minimum absolute atomic E-state index is 0.175. The van der Waals surface area contributed by atoms with E-state index in [1.807, 2.05) is 13.8 Å². The van der Waals surface area contributed by atoms with E-state index in [0.717, 1.165) is 0 Å². The average molecular weight is 266 g/mol. The molecule has 0 aromatic carbocycles. The summed E-state index contributed by atoms with van der Waals surface area (Å²) in [6, 6.07) is 0. The van der Waals surface area contributed by atoms with Gasteiger partial charge in [-0.05, 0) is 13.8 Å². The molecule has 0 atom stereocenters. The summed E-state index contributed by atoms with van der Waals surface area (Å²) < 4.78 is 3.24. The fraction of sp³-hybridized carbons (Fsp3) is 0.400. The number of azo groups is 1. The van der Waals surface area contributed by atoms with E-state index in [2.05, 4.69) is 15.2 Å². The molecule has 2 aromatic rings. The van der Waals surface area contributed by atoms with Crippen LogP contribution in [0.5, 0.6) is 0 Å². The van der Waals surface area contributed by atoms with Crippen molar-refractivity contribution in [1.29, 1.82) is 0 Å². The summed E-state index contributed by atoms with van der Waals surface area (Å²) in [5, 5.41) is 10.1. The molecule has 0 amide bonds. The Balaban J connectivity index is 2.46. The molecular weight excluding hydrogens is 252 g/mol. The molecule has 0 saturated carbocycles. The summed E-state index contributed by atoms with van der Waals surface area (Å²) in [4.78, 5) is 16.0. The fourth-order valence-corrected chi connectivity index (χ4v) is 2.15. The van der Waals surface area contributed by atoms with E-state index < -0.39 is 0 Å². The van der Waals surface area contributed by atoms with Gasteiger partial charge in [0.1, 0.15) is 0 Å². The highest BCUT2D eigenvalue weighted by Crippen LogP contribution is 2.22. The lowest BCUT2D eigenvalue weighted by Crippen LogP contribution is -2.21. The largest absolute Gasteiger partial charge is 0.382 e. The maximum absolute atomic E-state index is 12.1. The molecule has 0 aliphatic rings. The molecule has 2 N–H and O–H groups in total. The second-order valence-corrected chi connectivity index (χ2v) is 4.36. The van der Waals surface area contributed by atoms with Gasteiger partial charge in [-0.25, -0.2) is 9.67 Å². The molecule has 0 bridgehead atoms. The maximum atomic E-state index is 12.1. The third-order valence-corrected chi connectivity index (χ3v) is 3.16. The molecular formula is C10H14N6OS. The number of nitrogens with two attached hydrogens (primary N) is 1. The van der Waals surface area contributed by atoms with Crippen LogP contribution in [0.1, 0.15) is 13.8 Å². The van der Waals surface area contributed by atoms with Crippen molar-refractivity contribution in [1.82, 2.24) is 14.3 Å². The molecule has 8 heteroatoms. The Morgan fingerprint density at radius 3 is 2.56 bits per heavy atom. The van der Waals surface area contributed by atoms with E-state index in [-0.39, 0.29) is 11.2 Å². The standard InChI is InChI=1S/C10H14N6OS/c1-3-15-8(11)7(9(17)16(15)4-2)13-14-10-12-5-6-18-10/h5-6H,3-4,11H2,1-2H3/b14-13+. The van der Waals surface area contributed by atoms with E-state index in [4.69, 9.17) is 5.73 Å². The van der Waals surface area contributed by atoms with Crippen molar-refractivity contribution < 1.29 is 0 Å². The molecule has 0 spiro atoms. The van der Waals surface area contributed by atoms with Crippen molar-refractivity contribution in [2.24, 2.45) is 10.2 Å². The Morgan fingerprint density at radius 1 is 1.33 bits per heavy atom. The maximum Gasteiger partial charge on any atom is 0.296 e. The van der Waals surface area contributed by atoms with Gasteiger partial charge in [-0.3, -0.25) is 9.48 Å². The quantitative estimate of drug-likeness (QED) is 0.859. The van der Waals surface area contributed by atoms with Gasteiger partial charge in [-0.1, -0.05) is 0 Å². The van der Waals surface area contributed by atoms with Crippen LogP contribution in [0.2, 0.25) is 0 Å². The van der Waals surface area contributed by atoms with Gasteiger partial charge in [-0.15, -0.1) is 21.6 Å². The van der Waals surface area contributed by atoms with Crippen LogP contribution < -0.4 is 11.3 Å². The summed E-state index contributed by atoms with van der Waals surface area (Å²) in [6.07, 6.45) is 1.63. The van der Waals surface area contributed by atoms with Crippen molar-refractivity contribution in [3.63, 3.8) is 0 Å². The summed E-state index contributed by atoms with van der Waals surface area (Å²) >= 11 is 1.35. The van der Waals surface area contributed by atoms with Crippen LogP contribution in [0.15, 0.2) is 26.6 Å². The second-order valence-electron chi connectivity index (χ2n) is 3.49. The molecule has 0 aliphatic carbocycles. The smallest absolute Gasteiger partial charge is 0.296 e. The number of hydrogen-bond acceptors (Lipinski definition) is 6. The van der Waals surface area contributed by atoms with Crippen molar-refractivity contribution in [2.75, 3.05) is 5.73 Å². The average Bonchev–Trinajstić information content (AvgIpc) is 2.94.